The lowest BCUT2D eigenvalue weighted by Crippen LogP contribution is -2.41. The molecule has 2 aromatic carbocycles. The Kier molecular flexibility index (Phi) is 9.68. The lowest BCUT2D eigenvalue weighted by Gasteiger charge is -2.29. The molecule has 6 rings (SSSR count). The molecule has 1 amide bonds. The number of benzene rings is 2. The molecule has 7 atom stereocenters. The van der Waals surface area contributed by atoms with Crippen LogP contribution in [0.1, 0.15) is 40.8 Å². The molecule has 266 valence electrons. The van der Waals surface area contributed by atoms with Crippen LogP contribution in [0.15, 0.2) is 55.1 Å². The molecule has 4 aromatic rings. The van der Waals surface area contributed by atoms with Crippen molar-refractivity contribution in [3.63, 3.8) is 0 Å². The van der Waals surface area contributed by atoms with Crippen LogP contribution in [0.5, 0.6) is 5.75 Å². The summed E-state index contributed by atoms with van der Waals surface area (Å²) in [6, 6.07) is 11.5. The minimum atomic E-state index is -4.43. The van der Waals surface area contributed by atoms with Crippen molar-refractivity contribution in [1.82, 2.24) is 24.6 Å². The Morgan fingerprint density at radius 2 is 1.78 bits per heavy atom. The smallest absolute Gasteiger partial charge is 0.464 e. The first kappa shape index (κ1) is 35.0. The highest BCUT2D eigenvalue weighted by atomic mass is 31.2. The Bertz CT molecular complexity index is 1960. The Hall–Kier alpha value is -4.83. The number of amides is 1. The van der Waals surface area contributed by atoms with Crippen molar-refractivity contribution in [2.45, 2.75) is 71.3 Å². The number of nitrogens with zero attached hydrogens (tertiary/aromatic N) is 4. The van der Waals surface area contributed by atoms with Crippen LogP contribution in [0.3, 0.4) is 0 Å². The number of hydrogen-bond donors (Lipinski definition) is 2. The summed E-state index contributed by atoms with van der Waals surface area (Å²) >= 11 is 0. The highest BCUT2D eigenvalue weighted by Gasteiger charge is 2.58. The predicted octanol–water partition coefficient (Wildman–Crippen LogP) is 5.12. The van der Waals surface area contributed by atoms with E-state index in [2.05, 4.69) is 30.1 Å². The zero-order valence-corrected chi connectivity index (χ0v) is 29.0. The predicted molar refractivity (Wildman–Crippen MR) is 176 cm³/mol. The fraction of sp³-hybridized carbons (Fsp3) is 0.438. The van der Waals surface area contributed by atoms with Gasteiger partial charge in [-0.3, -0.25) is 19.2 Å². The quantitative estimate of drug-likeness (QED) is 0.118. The number of aromatic nitrogens is 4. The zero-order valence-electron chi connectivity index (χ0n) is 28.1. The van der Waals surface area contributed by atoms with E-state index in [1.54, 1.807) is 25.1 Å². The Balaban J connectivity index is 1.28. The third-order valence-electron chi connectivity index (χ3n) is 7.82. The molecule has 2 aliphatic rings. The van der Waals surface area contributed by atoms with E-state index in [9.17, 15) is 18.9 Å². The Morgan fingerprint density at radius 1 is 1.04 bits per heavy atom. The van der Waals surface area contributed by atoms with Crippen molar-refractivity contribution in [3.05, 3.63) is 55.1 Å². The zero-order chi connectivity index (χ0) is 35.8. The van der Waals surface area contributed by atoms with Crippen LogP contribution >= 0.6 is 7.75 Å². The van der Waals surface area contributed by atoms with E-state index in [-0.39, 0.29) is 34.8 Å². The molecule has 0 radical (unpaired) electrons. The van der Waals surface area contributed by atoms with Gasteiger partial charge in [0, 0.05) is 5.39 Å². The summed E-state index contributed by atoms with van der Waals surface area (Å²) in [4.78, 5) is 49.9. The number of hydrogen-bond acceptors (Lipinski definition) is 14. The second-order valence-corrected chi connectivity index (χ2v) is 14.6. The molecule has 5 unspecified atom stereocenters. The van der Waals surface area contributed by atoms with Crippen LogP contribution < -0.4 is 14.9 Å². The summed E-state index contributed by atoms with van der Waals surface area (Å²) in [5, 5.41) is 6.67. The number of imidazole rings is 1. The summed E-state index contributed by atoms with van der Waals surface area (Å²) < 4.78 is 55.8. The van der Waals surface area contributed by atoms with E-state index in [0.29, 0.717) is 5.39 Å². The number of carbonyl (C=O) groups excluding carboxylic acids is 3. The van der Waals surface area contributed by atoms with Gasteiger partial charge in [-0.05, 0) is 30.7 Å². The van der Waals surface area contributed by atoms with Gasteiger partial charge in [0.15, 0.2) is 35.4 Å². The molecule has 2 aliphatic heterocycles. The van der Waals surface area contributed by atoms with Crippen molar-refractivity contribution in [3.8, 4) is 5.75 Å². The van der Waals surface area contributed by atoms with Gasteiger partial charge in [-0.1, -0.05) is 57.2 Å². The van der Waals surface area contributed by atoms with E-state index < -0.39 is 62.7 Å². The van der Waals surface area contributed by atoms with Crippen LogP contribution in [0, 0.1) is 5.41 Å². The van der Waals surface area contributed by atoms with Crippen LogP contribution in [0.2, 0.25) is 0 Å². The first-order chi connectivity index (χ1) is 23.7. The highest BCUT2D eigenvalue weighted by Crippen LogP contribution is 2.50. The van der Waals surface area contributed by atoms with E-state index in [4.69, 9.17) is 28.0 Å². The molecular weight excluding hydrogens is 675 g/mol. The van der Waals surface area contributed by atoms with E-state index in [0.717, 1.165) is 5.39 Å². The summed E-state index contributed by atoms with van der Waals surface area (Å²) in [6.45, 7) is 8.92. The average molecular weight is 713 g/mol. The number of rotatable bonds is 11. The fourth-order valence-corrected chi connectivity index (χ4v) is 7.23. The maximum atomic E-state index is 14.7. The minimum Gasteiger partial charge on any atom is -0.464 e. The lowest BCUT2D eigenvalue weighted by atomic mass is 9.99. The number of nitrogens with one attached hydrogen (secondary N) is 2. The molecule has 50 heavy (non-hydrogen) atoms. The maximum Gasteiger partial charge on any atom is 0.509 e. The summed E-state index contributed by atoms with van der Waals surface area (Å²) in [6.07, 6.45) is -4.32. The van der Waals surface area contributed by atoms with Crippen molar-refractivity contribution in [2.75, 3.05) is 19.0 Å². The third kappa shape index (κ3) is 7.35. The van der Waals surface area contributed by atoms with Gasteiger partial charge < -0.3 is 28.2 Å². The molecule has 0 bridgehead atoms. The fourth-order valence-electron chi connectivity index (χ4n) is 5.52. The molecule has 18 heteroatoms. The van der Waals surface area contributed by atoms with Crippen molar-refractivity contribution < 1.29 is 51.7 Å². The first-order valence-corrected chi connectivity index (χ1v) is 17.2. The number of carbonyl (C=O) groups is 3. The van der Waals surface area contributed by atoms with Gasteiger partial charge in [0.2, 0.25) is 0 Å². The molecule has 0 spiro atoms. The topological polar surface area (TPSA) is 201 Å². The van der Waals surface area contributed by atoms with Crippen LogP contribution in [0.25, 0.3) is 21.9 Å². The lowest BCUT2D eigenvalue weighted by molar-refractivity contribution is -0.148. The molecule has 4 heterocycles. The van der Waals surface area contributed by atoms with Gasteiger partial charge >= 0.3 is 26.0 Å². The van der Waals surface area contributed by atoms with Gasteiger partial charge in [-0.2, -0.15) is 5.09 Å². The van der Waals surface area contributed by atoms with E-state index >= 15 is 0 Å². The van der Waals surface area contributed by atoms with Crippen LogP contribution in [-0.2, 0) is 37.6 Å². The molecule has 17 nitrogen and oxygen atoms in total. The molecule has 0 saturated carbocycles. The number of methoxy groups -OCH3 is 1. The van der Waals surface area contributed by atoms with Gasteiger partial charge in [0.25, 0.3) is 0 Å². The first-order valence-electron chi connectivity index (χ1n) is 15.7. The maximum absolute atomic E-state index is 14.7. The number of ether oxygens (including phenoxy) is 5. The van der Waals surface area contributed by atoms with Crippen molar-refractivity contribution in [2.24, 2.45) is 5.41 Å². The van der Waals surface area contributed by atoms with Gasteiger partial charge in [-0.15, -0.1) is 0 Å². The molecule has 0 aliphatic carbocycles. The van der Waals surface area contributed by atoms with Crippen LogP contribution in [0.4, 0.5) is 15.4 Å². The van der Waals surface area contributed by atoms with Gasteiger partial charge in [-0.25, -0.2) is 29.1 Å². The number of esters is 1. The van der Waals surface area contributed by atoms with E-state index in [1.807, 2.05) is 45.0 Å². The Morgan fingerprint density at radius 3 is 2.54 bits per heavy atom. The SMILES string of the molecule is COC(=O)Nc1ncnc2c1ncn2[C@@H]1O[C@H](C(C)OP(=O)(NC(C)C(=O)OCC(C)(C)C)Oc2cccc3ccccc23)C2OC(=O)OC21. The van der Waals surface area contributed by atoms with Gasteiger partial charge in [0.05, 0.1) is 26.1 Å². The summed E-state index contributed by atoms with van der Waals surface area (Å²) in [7, 11) is -3.22. The van der Waals surface area contributed by atoms with Crippen molar-refractivity contribution in [1.29, 1.82) is 0 Å². The largest absolute Gasteiger partial charge is 0.509 e. The summed E-state index contributed by atoms with van der Waals surface area (Å²) in [5.41, 5.74) is 0.144. The van der Waals surface area contributed by atoms with Gasteiger partial charge in [0.1, 0.15) is 24.2 Å². The molecule has 2 aromatic heterocycles. The highest BCUT2D eigenvalue weighted by molar-refractivity contribution is 7.52. The molecule has 2 fully saturated rings. The molecular formula is C32H37N6O11P. The van der Waals surface area contributed by atoms with Crippen LogP contribution in [-0.4, -0.2) is 81.9 Å². The average Bonchev–Trinajstić information content (AvgIpc) is 3.76. The normalized spacial score (nSPS) is 22.6. The molecule has 2 N–H and O–H groups in total. The van der Waals surface area contributed by atoms with Crippen molar-refractivity contribution >= 4 is 53.7 Å². The summed E-state index contributed by atoms with van der Waals surface area (Å²) in [5.74, 6) is -0.347. The second-order valence-electron chi connectivity index (χ2n) is 13.0. The van der Waals surface area contributed by atoms with E-state index in [1.165, 1.54) is 31.3 Å². The number of anilines is 1. The molecule has 2 saturated heterocycles. The second kappa shape index (κ2) is 13.8. The third-order valence-corrected chi connectivity index (χ3v) is 9.57. The Labute approximate surface area is 286 Å². The number of fused-ring (bicyclic) bond motifs is 3. The monoisotopic (exact) mass is 712 g/mol. The minimum absolute atomic E-state index is 0.0795. The standard InChI is InChI=1S/C32H37N6O11P/c1-17(29(39)44-14-32(3,4)5)37-50(42,49-21-13-9-11-19-10-7-8-12-20(19)21)48-18(2)23-24-25(47-31(41)46-24)28(45-23)38-16-35-22-26(36-30(40)43-6)33-15-34-27(22)38/h7-13,15-18,23-25,28H,14H2,1-6H3,(H,37,42)(H,33,34,36,40)/t17?,18?,23-,24?,25?,28-,50?/m1/s1.